The highest BCUT2D eigenvalue weighted by atomic mass is 79.9. The number of nitrogens with zero attached hydrogens (tertiary/aromatic N) is 4. The quantitative estimate of drug-likeness (QED) is 0.101. The molecule has 6 N–H and O–H groups in total. The van der Waals surface area contributed by atoms with Crippen molar-refractivity contribution >= 4 is 93.2 Å². The highest BCUT2D eigenvalue weighted by molar-refractivity contribution is 9.11. The first-order chi connectivity index (χ1) is 29.6. The summed E-state index contributed by atoms with van der Waals surface area (Å²) in [5.41, 5.74) is 15.8. The van der Waals surface area contributed by atoms with Crippen LogP contribution in [-0.2, 0) is 29.6 Å². The minimum Gasteiger partial charge on any atom is -0.399 e. The summed E-state index contributed by atoms with van der Waals surface area (Å²) < 4.78 is 57.7. The summed E-state index contributed by atoms with van der Waals surface area (Å²) in [5.74, 6) is -0.343. The van der Waals surface area contributed by atoms with E-state index >= 15 is 0 Å². The number of hydrogen-bond donors (Lipinski definition) is 4. The molecule has 350 valence electrons. The smallest absolute Gasteiger partial charge is 0.241 e. The maximum Gasteiger partial charge on any atom is 0.241 e. The summed E-state index contributed by atoms with van der Waals surface area (Å²) in [4.78, 5) is 35.7. The Morgan fingerprint density at radius 3 is 1.45 bits per heavy atom. The van der Waals surface area contributed by atoms with Gasteiger partial charge < -0.3 is 21.3 Å². The molecule has 0 saturated heterocycles. The molecule has 2 aromatic heterocycles. The number of nitrogens with two attached hydrogens (primary N) is 2. The Balaban J connectivity index is 0.000000282. The lowest BCUT2D eigenvalue weighted by Gasteiger charge is -2.23. The molecule has 0 radical (unpaired) electrons. The van der Waals surface area contributed by atoms with Crippen LogP contribution in [0.2, 0.25) is 0 Å². The number of nitrogens with one attached hydrogen (secondary N) is 2. The third-order valence-corrected chi connectivity index (χ3v) is 15.2. The van der Waals surface area contributed by atoms with Crippen LogP contribution in [0, 0.1) is 6.92 Å². The SMILES string of the molecule is C.CC(=O)N(C)c1ccc(-c2cnc(-c3ccc(N)cc3)s2)c(S(=O)(=O)NC(C)(C)C)c1.CC(=O)N(C)c1ccc(C)c(S(=O)(=O)NC(C)(C)C)c1.Nc1ccc(-c2ncc(Br)s2)cc1. The molecule has 2 amide bonds. The van der Waals surface area contributed by atoms with Crippen LogP contribution in [0.3, 0.4) is 0 Å². The number of thiazole rings is 2. The Morgan fingerprint density at radius 1 is 0.631 bits per heavy atom. The van der Waals surface area contributed by atoms with E-state index in [0.29, 0.717) is 33.1 Å². The number of aryl methyl sites for hydroxylation is 1. The van der Waals surface area contributed by atoms with Gasteiger partial charge in [-0.05, 0) is 143 Å². The van der Waals surface area contributed by atoms with Crippen molar-refractivity contribution in [2.24, 2.45) is 0 Å². The minimum absolute atomic E-state index is 0. The number of amides is 2. The molecule has 14 nitrogen and oxygen atoms in total. The number of benzene rings is 4. The second-order valence-electron chi connectivity index (χ2n) is 16.7. The number of carbonyl (C=O) groups excluding carboxylic acids is 2. The second kappa shape index (κ2) is 22.0. The molecule has 0 aliphatic carbocycles. The summed E-state index contributed by atoms with van der Waals surface area (Å²) in [5, 5.41) is 1.76. The molecule has 4 aromatic carbocycles. The van der Waals surface area contributed by atoms with Gasteiger partial charge in [0, 0.05) is 84.7 Å². The summed E-state index contributed by atoms with van der Waals surface area (Å²) in [6.07, 6.45) is 3.46. The molecule has 65 heavy (non-hydrogen) atoms. The first-order valence-electron chi connectivity index (χ1n) is 19.7. The number of carbonyl (C=O) groups is 2. The van der Waals surface area contributed by atoms with Gasteiger partial charge in [-0.3, -0.25) is 9.59 Å². The van der Waals surface area contributed by atoms with Crippen LogP contribution in [0.1, 0.15) is 68.4 Å². The Kier molecular flexibility index (Phi) is 18.4. The first-order valence-corrected chi connectivity index (χ1v) is 25.1. The molecule has 0 aliphatic rings. The van der Waals surface area contributed by atoms with Gasteiger partial charge in [0.1, 0.15) is 10.0 Å². The number of rotatable bonds is 9. The summed E-state index contributed by atoms with van der Waals surface area (Å²) in [7, 11) is -4.26. The molecule has 0 bridgehead atoms. The lowest BCUT2D eigenvalue weighted by Crippen LogP contribution is -2.40. The Labute approximate surface area is 400 Å². The molecular formula is C46H59BrN8O6S4. The Hall–Kier alpha value is -5.02. The normalized spacial score (nSPS) is 11.6. The summed E-state index contributed by atoms with van der Waals surface area (Å²) >= 11 is 6.38. The molecule has 0 unspecified atom stereocenters. The number of hydrogen-bond acceptors (Lipinski definition) is 12. The third kappa shape index (κ3) is 15.5. The lowest BCUT2D eigenvalue weighted by atomic mass is 10.1. The highest BCUT2D eigenvalue weighted by Gasteiger charge is 2.28. The van der Waals surface area contributed by atoms with E-state index in [-0.39, 0.29) is 29.0 Å². The predicted octanol–water partition coefficient (Wildman–Crippen LogP) is 9.96. The van der Waals surface area contributed by atoms with E-state index in [1.165, 1.54) is 47.1 Å². The monoisotopic (exact) mass is 1030 g/mol. The molecule has 0 saturated carbocycles. The van der Waals surface area contributed by atoms with E-state index in [2.05, 4.69) is 35.3 Å². The predicted molar refractivity (Wildman–Crippen MR) is 273 cm³/mol. The fraction of sp³-hybridized carbons (Fsp3) is 0.304. The largest absolute Gasteiger partial charge is 0.399 e. The molecule has 19 heteroatoms. The fourth-order valence-electron chi connectivity index (χ4n) is 5.68. The molecule has 2 heterocycles. The van der Waals surface area contributed by atoms with E-state index in [1.807, 2.05) is 36.4 Å². The standard InChI is InChI=1S/C22H26N4O3S2.C14H22N2O3S.C9H7BrN2S.CH4/c1-14(27)26(5)17-10-11-18(20(12-17)31(28,29)25-22(2,3)4)19-13-24-21(30-19)15-6-8-16(23)9-7-15;1-10-7-8-12(16(6)11(2)17)9-13(10)20(18,19)15-14(3,4)5;10-8-5-12-9(13-8)6-1-3-7(11)4-2-6;/h6-13,25H,23H2,1-5H3;7-9,15H,1-6H3;1-5H,11H2;1H4. The van der Waals surface area contributed by atoms with Gasteiger partial charge in [0.15, 0.2) is 0 Å². The molecule has 6 aromatic rings. The number of aromatic nitrogens is 2. The number of halogens is 1. The van der Waals surface area contributed by atoms with Crippen LogP contribution < -0.4 is 30.7 Å². The van der Waals surface area contributed by atoms with Gasteiger partial charge in [0.25, 0.3) is 0 Å². The summed E-state index contributed by atoms with van der Waals surface area (Å²) in [6.45, 7) is 15.3. The second-order valence-corrected chi connectivity index (χ2v) is 23.5. The maximum atomic E-state index is 13.3. The van der Waals surface area contributed by atoms with Crippen molar-refractivity contribution in [1.82, 2.24) is 19.4 Å². The lowest BCUT2D eigenvalue weighted by molar-refractivity contribution is -0.117. The van der Waals surface area contributed by atoms with Gasteiger partial charge in [-0.1, -0.05) is 19.6 Å². The van der Waals surface area contributed by atoms with E-state index in [4.69, 9.17) is 11.5 Å². The van der Waals surface area contributed by atoms with Gasteiger partial charge >= 0.3 is 0 Å². The van der Waals surface area contributed by atoms with Gasteiger partial charge in [-0.2, -0.15) is 0 Å². The fourth-order valence-corrected chi connectivity index (χ4v) is 11.3. The van der Waals surface area contributed by atoms with Crippen LogP contribution in [0.4, 0.5) is 22.7 Å². The van der Waals surface area contributed by atoms with Crippen molar-refractivity contribution in [2.75, 3.05) is 35.4 Å². The topological polar surface area (TPSA) is 211 Å². The first kappa shape index (κ1) is 54.3. The average molecular weight is 1030 g/mol. The Bertz CT molecular complexity index is 2820. The molecule has 0 spiro atoms. The zero-order valence-corrected chi connectivity index (χ0v) is 42.5. The molecule has 0 aliphatic heterocycles. The van der Waals surface area contributed by atoms with Crippen LogP contribution in [-0.4, -0.2) is 63.8 Å². The zero-order chi connectivity index (χ0) is 47.9. The van der Waals surface area contributed by atoms with E-state index in [9.17, 15) is 26.4 Å². The summed E-state index contributed by atoms with van der Waals surface area (Å²) in [6, 6.07) is 25.0. The maximum absolute atomic E-state index is 13.3. The van der Waals surface area contributed by atoms with Gasteiger partial charge in [-0.15, -0.1) is 22.7 Å². The minimum atomic E-state index is -3.87. The number of nitrogen functional groups attached to an aromatic ring is 2. The van der Waals surface area contributed by atoms with Gasteiger partial charge in [0.2, 0.25) is 31.9 Å². The van der Waals surface area contributed by atoms with E-state index in [1.54, 1.807) is 123 Å². The molecule has 6 rings (SSSR count). The van der Waals surface area contributed by atoms with Crippen molar-refractivity contribution in [3.05, 3.63) is 107 Å². The number of sulfonamides is 2. The van der Waals surface area contributed by atoms with Gasteiger partial charge in [-0.25, -0.2) is 36.2 Å². The van der Waals surface area contributed by atoms with Crippen LogP contribution in [0.25, 0.3) is 31.6 Å². The van der Waals surface area contributed by atoms with Crippen LogP contribution >= 0.6 is 38.6 Å². The van der Waals surface area contributed by atoms with E-state index in [0.717, 1.165) is 30.6 Å². The third-order valence-electron chi connectivity index (χ3n) is 8.88. The van der Waals surface area contributed by atoms with Gasteiger partial charge in [0.05, 0.1) is 24.7 Å². The number of anilines is 4. The van der Waals surface area contributed by atoms with Crippen molar-refractivity contribution in [3.8, 4) is 31.6 Å². The molecule has 0 atom stereocenters. The van der Waals surface area contributed by atoms with Crippen LogP contribution in [0.5, 0.6) is 0 Å². The zero-order valence-electron chi connectivity index (χ0n) is 37.6. The van der Waals surface area contributed by atoms with Crippen molar-refractivity contribution < 1.29 is 26.4 Å². The molecule has 0 fully saturated rings. The van der Waals surface area contributed by atoms with E-state index < -0.39 is 31.1 Å². The molecular weight excluding hydrogens is 969 g/mol. The highest BCUT2D eigenvalue weighted by Crippen LogP contribution is 2.38. The average Bonchev–Trinajstić information content (AvgIpc) is 3.86. The Morgan fingerprint density at radius 2 is 1.03 bits per heavy atom. The van der Waals surface area contributed by atoms with Crippen molar-refractivity contribution in [2.45, 2.75) is 90.6 Å². The van der Waals surface area contributed by atoms with Crippen molar-refractivity contribution in [3.63, 3.8) is 0 Å². The van der Waals surface area contributed by atoms with Crippen LogP contribution in [0.15, 0.2) is 111 Å². The van der Waals surface area contributed by atoms with Crippen molar-refractivity contribution in [1.29, 1.82) is 0 Å².